The van der Waals surface area contributed by atoms with Gasteiger partial charge in [-0.25, -0.2) is 14.4 Å². The lowest BCUT2D eigenvalue weighted by molar-refractivity contribution is -0.131. The first-order valence-corrected chi connectivity index (χ1v) is 8.56. The predicted octanol–water partition coefficient (Wildman–Crippen LogP) is 3.21. The van der Waals surface area contributed by atoms with Gasteiger partial charge in [0, 0.05) is 17.5 Å². The second-order valence-electron chi connectivity index (χ2n) is 7.10. The van der Waals surface area contributed by atoms with E-state index >= 15 is 0 Å². The van der Waals surface area contributed by atoms with E-state index in [-0.39, 0.29) is 23.4 Å². The van der Waals surface area contributed by atoms with E-state index in [2.05, 4.69) is 16.0 Å². The Morgan fingerprint density at radius 2 is 2.24 bits per heavy atom. The van der Waals surface area contributed by atoms with Crippen molar-refractivity contribution in [3.05, 3.63) is 59.4 Å². The van der Waals surface area contributed by atoms with Crippen molar-refractivity contribution in [1.29, 1.82) is 5.26 Å². The zero-order chi connectivity index (χ0) is 17.6. The molecule has 1 saturated carbocycles. The van der Waals surface area contributed by atoms with Gasteiger partial charge in [-0.05, 0) is 48.4 Å². The quantitative estimate of drug-likeness (QED) is 0.802. The number of ketones is 1. The summed E-state index contributed by atoms with van der Waals surface area (Å²) >= 11 is 0. The molecule has 126 valence electrons. The average Bonchev–Trinajstić information content (AvgIpc) is 2.64. The standard InChI is InChI=1S/C20H18FN3O/c1-12-17-6-5-13-10-23-11-24-19(13)20(17,8-14(9-22)18(12)25)15-3-2-4-16(21)7-15/h2-4,7,10-12,14,17H,5-6,8H2,1H3/t12-,14?,17-,20+/m0/s1. The summed E-state index contributed by atoms with van der Waals surface area (Å²) in [5.41, 5.74) is 2.06. The minimum atomic E-state index is -0.699. The first kappa shape index (κ1) is 15.9. The molecule has 1 heterocycles. The van der Waals surface area contributed by atoms with Crippen molar-refractivity contribution in [1.82, 2.24) is 9.97 Å². The molecule has 0 radical (unpaired) electrons. The van der Waals surface area contributed by atoms with Gasteiger partial charge in [-0.1, -0.05) is 19.1 Å². The number of nitriles is 1. The first-order valence-electron chi connectivity index (χ1n) is 8.56. The van der Waals surface area contributed by atoms with E-state index in [1.165, 1.54) is 18.5 Å². The molecule has 5 heteroatoms. The average molecular weight is 335 g/mol. The number of hydrogen-bond acceptors (Lipinski definition) is 4. The van der Waals surface area contributed by atoms with Crippen LogP contribution in [-0.4, -0.2) is 15.8 Å². The van der Waals surface area contributed by atoms with Crippen molar-refractivity contribution >= 4 is 5.78 Å². The highest BCUT2D eigenvalue weighted by molar-refractivity contribution is 5.87. The molecule has 0 amide bonds. The third kappa shape index (κ3) is 2.21. The monoisotopic (exact) mass is 335 g/mol. The molecular formula is C20H18FN3O. The van der Waals surface area contributed by atoms with Crippen LogP contribution in [0.15, 0.2) is 36.8 Å². The Balaban J connectivity index is 2.01. The molecule has 2 aromatic rings. The van der Waals surface area contributed by atoms with Crippen LogP contribution in [0.1, 0.15) is 36.6 Å². The number of fused-ring (bicyclic) bond motifs is 3. The van der Waals surface area contributed by atoms with Gasteiger partial charge >= 0.3 is 0 Å². The van der Waals surface area contributed by atoms with Crippen LogP contribution in [0.2, 0.25) is 0 Å². The van der Waals surface area contributed by atoms with Crippen LogP contribution in [0.5, 0.6) is 0 Å². The number of halogens is 1. The Kier molecular flexibility index (Phi) is 3.64. The first-order chi connectivity index (χ1) is 12.1. The lowest BCUT2D eigenvalue weighted by Crippen LogP contribution is -2.53. The number of hydrogen-bond donors (Lipinski definition) is 0. The maximum Gasteiger partial charge on any atom is 0.153 e. The van der Waals surface area contributed by atoms with Gasteiger partial charge in [0.15, 0.2) is 5.78 Å². The molecular weight excluding hydrogens is 317 g/mol. The largest absolute Gasteiger partial charge is 0.298 e. The van der Waals surface area contributed by atoms with Crippen LogP contribution in [0.4, 0.5) is 4.39 Å². The number of nitrogens with zero attached hydrogens (tertiary/aromatic N) is 3. The normalized spacial score (nSPS) is 30.9. The summed E-state index contributed by atoms with van der Waals surface area (Å²) < 4.78 is 14.0. The predicted molar refractivity (Wildman–Crippen MR) is 88.9 cm³/mol. The number of benzene rings is 1. The Labute approximate surface area is 145 Å². The summed E-state index contributed by atoms with van der Waals surface area (Å²) in [4.78, 5) is 21.3. The summed E-state index contributed by atoms with van der Waals surface area (Å²) in [7, 11) is 0. The van der Waals surface area contributed by atoms with Gasteiger partial charge in [0.25, 0.3) is 0 Å². The zero-order valence-corrected chi connectivity index (χ0v) is 13.9. The number of aromatic nitrogens is 2. The van der Waals surface area contributed by atoms with Crippen LogP contribution in [0, 0.1) is 34.9 Å². The van der Waals surface area contributed by atoms with E-state index < -0.39 is 11.3 Å². The number of carbonyl (C=O) groups excluding carboxylic acids is 1. The van der Waals surface area contributed by atoms with Gasteiger partial charge in [-0.2, -0.15) is 5.26 Å². The molecule has 0 spiro atoms. The molecule has 0 N–H and O–H groups in total. The molecule has 1 aromatic carbocycles. The molecule has 1 fully saturated rings. The van der Waals surface area contributed by atoms with Gasteiger partial charge < -0.3 is 0 Å². The number of Topliss-reactive ketones (excluding diaryl/α,β-unsaturated/α-hetero) is 1. The van der Waals surface area contributed by atoms with Crippen molar-refractivity contribution in [3.63, 3.8) is 0 Å². The Morgan fingerprint density at radius 1 is 1.40 bits per heavy atom. The Hall–Kier alpha value is -2.61. The summed E-state index contributed by atoms with van der Waals surface area (Å²) in [5.74, 6) is -1.27. The highest BCUT2D eigenvalue weighted by Gasteiger charge is 2.56. The van der Waals surface area contributed by atoms with Crippen LogP contribution in [0.25, 0.3) is 0 Å². The maximum absolute atomic E-state index is 14.0. The summed E-state index contributed by atoms with van der Waals surface area (Å²) in [6, 6.07) is 8.70. The van der Waals surface area contributed by atoms with Crippen molar-refractivity contribution in [2.24, 2.45) is 17.8 Å². The molecule has 4 atom stereocenters. The minimum absolute atomic E-state index is 0.00275. The van der Waals surface area contributed by atoms with Gasteiger partial charge in [0.2, 0.25) is 0 Å². The Morgan fingerprint density at radius 3 is 3.00 bits per heavy atom. The summed E-state index contributed by atoms with van der Waals surface area (Å²) in [6.07, 6.45) is 5.27. The van der Waals surface area contributed by atoms with Crippen LogP contribution < -0.4 is 0 Å². The van der Waals surface area contributed by atoms with Crippen LogP contribution >= 0.6 is 0 Å². The number of aryl methyl sites for hydroxylation is 1. The second-order valence-corrected chi connectivity index (χ2v) is 7.10. The lowest BCUT2D eigenvalue weighted by Gasteiger charge is -2.51. The molecule has 1 unspecified atom stereocenters. The minimum Gasteiger partial charge on any atom is -0.298 e. The molecule has 1 aromatic heterocycles. The van der Waals surface area contributed by atoms with E-state index in [9.17, 15) is 14.4 Å². The SMILES string of the molecule is C[C@@H]1C(=O)C(C#N)C[C@]2(c3cccc(F)c3)c3ncncc3CC[C@@H]12. The highest BCUT2D eigenvalue weighted by Crippen LogP contribution is 2.55. The smallest absolute Gasteiger partial charge is 0.153 e. The van der Waals surface area contributed by atoms with Gasteiger partial charge in [-0.15, -0.1) is 0 Å². The third-order valence-electron chi connectivity index (χ3n) is 5.99. The topological polar surface area (TPSA) is 66.6 Å². The number of carbonyl (C=O) groups is 1. The fraction of sp³-hybridized carbons (Fsp3) is 0.400. The molecule has 0 bridgehead atoms. The Bertz CT molecular complexity index is 891. The van der Waals surface area contributed by atoms with E-state index in [0.717, 1.165) is 29.7 Å². The molecule has 25 heavy (non-hydrogen) atoms. The van der Waals surface area contributed by atoms with Gasteiger partial charge in [-0.3, -0.25) is 4.79 Å². The van der Waals surface area contributed by atoms with E-state index in [0.29, 0.717) is 6.42 Å². The molecule has 4 rings (SSSR count). The van der Waals surface area contributed by atoms with Crippen molar-refractivity contribution in [2.75, 3.05) is 0 Å². The van der Waals surface area contributed by atoms with Gasteiger partial charge in [0.05, 0.1) is 11.8 Å². The lowest BCUT2D eigenvalue weighted by atomic mass is 9.51. The summed E-state index contributed by atoms with van der Waals surface area (Å²) in [5, 5.41) is 9.56. The fourth-order valence-electron chi connectivity index (χ4n) is 4.88. The molecule has 2 aliphatic carbocycles. The molecule has 0 aliphatic heterocycles. The molecule has 2 aliphatic rings. The fourth-order valence-corrected chi connectivity index (χ4v) is 4.88. The van der Waals surface area contributed by atoms with Crippen molar-refractivity contribution < 1.29 is 9.18 Å². The third-order valence-corrected chi connectivity index (χ3v) is 5.99. The maximum atomic E-state index is 14.0. The second kappa shape index (κ2) is 5.73. The van der Waals surface area contributed by atoms with Crippen LogP contribution in [-0.2, 0) is 16.6 Å². The highest BCUT2D eigenvalue weighted by atomic mass is 19.1. The zero-order valence-electron chi connectivity index (χ0n) is 13.9. The van der Waals surface area contributed by atoms with Crippen molar-refractivity contribution in [2.45, 2.75) is 31.6 Å². The molecule has 0 saturated heterocycles. The number of rotatable bonds is 1. The van der Waals surface area contributed by atoms with Crippen LogP contribution in [0.3, 0.4) is 0 Å². The van der Waals surface area contributed by atoms with Gasteiger partial charge in [0.1, 0.15) is 18.1 Å². The van der Waals surface area contributed by atoms with Crippen molar-refractivity contribution in [3.8, 4) is 6.07 Å². The van der Waals surface area contributed by atoms with E-state index in [1.54, 1.807) is 6.07 Å². The molecule has 4 nitrogen and oxygen atoms in total. The van der Waals surface area contributed by atoms with E-state index in [4.69, 9.17) is 0 Å². The summed E-state index contributed by atoms with van der Waals surface area (Å²) in [6.45, 7) is 1.90. The van der Waals surface area contributed by atoms with E-state index in [1.807, 2.05) is 19.2 Å².